The Labute approximate surface area is 121 Å². The second kappa shape index (κ2) is 5.26. The topological polar surface area (TPSA) is 55.3 Å². The number of oxazole rings is 1. The minimum atomic E-state index is 0.336. The number of hydrogen-bond donors (Lipinski definition) is 1. The number of hydrogen-bond acceptors (Lipinski definition) is 5. The van der Waals surface area contributed by atoms with Crippen LogP contribution in [-0.2, 0) is 6.54 Å². The van der Waals surface area contributed by atoms with Crippen molar-refractivity contribution < 1.29 is 4.42 Å². The number of rotatable bonds is 4. The highest BCUT2D eigenvalue weighted by atomic mass is 32.1. The van der Waals surface area contributed by atoms with E-state index in [0.717, 1.165) is 11.1 Å². The molecule has 1 atom stereocenters. The first-order valence-electron chi connectivity index (χ1n) is 6.52. The second-order valence-electron chi connectivity index (χ2n) is 4.91. The third-order valence-corrected chi connectivity index (χ3v) is 4.54. The molecule has 0 radical (unpaired) electrons. The Morgan fingerprint density at radius 2 is 2.20 bits per heavy atom. The molecule has 20 heavy (non-hydrogen) atoms. The van der Waals surface area contributed by atoms with E-state index in [-0.39, 0.29) is 0 Å². The van der Waals surface area contributed by atoms with E-state index in [2.05, 4.69) is 41.4 Å². The maximum atomic E-state index is 5.90. The fourth-order valence-electron chi connectivity index (χ4n) is 2.18. The van der Waals surface area contributed by atoms with Crippen LogP contribution in [0.4, 0.5) is 5.69 Å². The highest BCUT2D eigenvalue weighted by molar-refractivity contribution is 7.10. The SMILES string of the molecule is CC(c1cccs1)N(C)Cc1nc2c(N)cccc2o1. The zero-order chi connectivity index (χ0) is 14.1. The van der Waals surface area contributed by atoms with Gasteiger partial charge in [-0.15, -0.1) is 11.3 Å². The normalized spacial score (nSPS) is 13.2. The van der Waals surface area contributed by atoms with Gasteiger partial charge >= 0.3 is 0 Å². The number of nitrogens with zero attached hydrogens (tertiary/aromatic N) is 2. The van der Waals surface area contributed by atoms with Crippen molar-refractivity contribution in [2.45, 2.75) is 19.5 Å². The van der Waals surface area contributed by atoms with Gasteiger partial charge in [-0.1, -0.05) is 12.1 Å². The average Bonchev–Trinajstić information content (AvgIpc) is 3.06. The van der Waals surface area contributed by atoms with E-state index in [0.29, 0.717) is 24.2 Å². The Hall–Kier alpha value is -1.85. The van der Waals surface area contributed by atoms with Crippen molar-refractivity contribution in [3.8, 4) is 0 Å². The van der Waals surface area contributed by atoms with Gasteiger partial charge in [0.1, 0.15) is 5.52 Å². The van der Waals surface area contributed by atoms with Crippen LogP contribution in [0, 0.1) is 0 Å². The van der Waals surface area contributed by atoms with Crippen LogP contribution in [0.3, 0.4) is 0 Å². The van der Waals surface area contributed by atoms with Crippen LogP contribution in [0.2, 0.25) is 0 Å². The van der Waals surface area contributed by atoms with Crippen molar-refractivity contribution in [3.63, 3.8) is 0 Å². The first-order chi connectivity index (χ1) is 9.65. The first kappa shape index (κ1) is 13.1. The van der Waals surface area contributed by atoms with E-state index < -0.39 is 0 Å². The van der Waals surface area contributed by atoms with Gasteiger partial charge in [0.05, 0.1) is 12.2 Å². The third kappa shape index (κ3) is 2.42. The van der Waals surface area contributed by atoms with E-state index in [9.17, 15) is 0 Å². The van der Waals surface area contributed by atoms with E-state index in [4.69, 9.17) is 10.2 Å². The van der Waals surface area contributed by atoms with Gasteiger partial charge < -0.3 is 10.2 Å². The Balaban J connectivity index is 1.80. The van der Waals surface area contributed by atoms with Gasteiger partial charge in [0.25, 0.3) is 0 Å². The summed E-state index contributed by atoms with van der Waals surface area (Å²) in [7, 11) is 2.07. The molecule has 3 rings (SSSR count). The summed E-state index contributed by atoms with van der Waals surface area (Å²) in [5.74, 6) is 0.698. The minimum Gasteiger partial charge on any atom is -0.439 e. The summed E-state index contributed by atoms with van der Waals surface area (Å²) in [5, 5.41) is 2.10. The maximum Gasteiger partial charge on any atom is 0.209 e. The van der Waals surface area contributed by atoms with Crippen LogP contribution < -0.4 is 5.73 Å². The first-order valence-corrected chi connectivity index (χ1v) is 7.40. The summed E-state index contributed by atoms with van der Waals surface area (Å²) < 4.78 is 5.76. The van der Waals surface area contributed by atoms with Gasteiger partial charge in [0.2, 0.25) is 5.89 Å². The molecule has 0 fully saturated rings. The molecule has 104 valence electrons. The van der Waals surface area contributed by atoms with Crippen molar-refractivity contribution in [1.82, 2.24) is 9.88 Å². The number of aromatic nitrogens is 1. The fraction of sp³-hybridized carbons (Fsp3) is 0.267. The number of fused-ring (bicyclic) bond motifs is 1. The molecular formula is C15H17N3OS. The van der Waals surface area contributed by atoms with Gasteiger partial charge in [-0.2, -0.15) is 0 Å². The average molecular weight is 287 g/mol. The second-order valence-corrected chi connectivity index (χ2v) is 5.89. The molecule has 0 aliphatic carbocycles. The molecule has 2 heterocycles. The molecule has 0 aliphatic heterocycles. The highest BCUT2D eigenvalue weighted by Gasteiger charge is 2.16. The summed E-state index contributed by atoms with van der Waals surface area (Å²) in [6.45, 7) is 2.84. The molecule has 1 unspecified atom stereocenters. The summed E-state index contributed by atoms with van der Waals surface area (Å²) in [5.41, 5.74) is 8.06. The van der Waals surface area contributed by atoms with E-state index in [1.54, 1.807) is 11.3 Å². The molecular weight excluding hydrogens is 270 g/mol. The highest BCUT2D eigenvalue weighted by Crippen LogP contribution is 2.26. The smallest absolute Gasteiger partial charge is 0.209 e. The summed E-state index contributed by atoms with van der Waals surface area (Å²) in [6.07, 6.45) is 0. The van der Waals surface area contributed by atoms with Gasteiger partial charge in [-0.05, 0) is 37.6 Å². The lowest BCUT2D eigenvalue weighted by atomic mass is 10.2. The van der Waals surface area contributed by atoms with Gasteiger partial charge in [0.15, 0.2) is 5.58 Å². The summed E-state index contributed by atoms with van der Waals surface area (Å²) in [6, 6.07) is 10.2. The van der Waals surface area contributed by atoms with Crippen molar-refractivity contribution >= 4 is 28.1 Å². The standard InChI is InChI=1S/C15H17N3OS/c1-10(13-7-4-8-20-13)18(2)9-14-17-15-11(16)5-3-6-12(15)19-14/h3-8,10H,9,16H2,1-2H3. The van der Waals surface area contributed by atoms with Crippen LogP contribution in [0.25, 0.3) is 11.1 Å². The Morgan fingerprint density at radius 1 is 1.35 bits per heavy atom. The zero-order valence-corrected chi connectivity index (χ0v) is 12.4. The molecule has 0 spiro atoms. The molecule has 2 aromatic heterocycles. The molecule has 2 N–H and O–H groups in total. The zero-order valence-electron chi connectivity index (χ0n) is 11.5. The monoisotopic (exact) mass is 287 g/mol. The summed E-state index contributed by atoms with van der Waals surface area (Å²) >= 11 is 1.76. The van der Waals surface area contributed by atoms with Crippen LogP contribution >= 0.6 is 11.3 Å². The van der Waals surface area contributed by atoms with Crippen molar-refractivity contribution in [3.05, 3.63) is 46.5 Å². The van der Waals surface area contributed by atoms with E-state index >= 15 is 0 Å². The largest absolute Gasteiger partial charge is 0.439 e. The number of nitrogen functional groups attached to an aromatic ring is 1. The molecule has 4 nitrogen and oxygen atoms in total. The van der Waals surface area contributed by atoms with Gasteiger partial charge in [-0.3, -0.25) is 4.90 Å². The molecule has 0 saturated heterocycles. The molecule has 0 bridgehead atoms. The molecule has 3 aromatic rings. The van der Waals surface area contributed by atoms with Crippen molar-refractivity contribution in [2.24, 2.45) is 0 Å². The Morgan fingerprint density at radius 3 is 2.90 bits per heavy atom. The van der Waals surface area contributed by atoms with Crippen LogP contribution in [0.15, 0.2) is 40.1 Å². The van der Waals surface area contributed by atoms with Crippen LogP contribution in [-0.4, -0.2) is 16.9 Å². The predicted octanol–water partition coefficient (Wildman–Crippen LogP) is 3.66. The number of benzene rings is 1. The molecule has 1 aromatic carbocycles. The lowest BCUT2D eigenvalue weighted by molar-refractivity contribution is 0.233. The number of para-hydroxylation sites is 1. The van der Waals surface area contributed by atoms with E-state index in [1.165, 1.54) is 4.88 Å². The molecule has 5 heteroatoms. The molecule has 0 aliphatic rings. The quantitative estimate of drug-likeness (QED) is 0.744. The third-order valence-electron chi connectivity index (χ3n) is 3.50. The fourth-order valence-corrected chi connectivity index (χ4v) is 3.03. The Bertz CT molecular complexity index is 705. The maximum absolute atomic E-state index is 5.90. The van der Waals surface area contributed by atoms with Gasteiger partial charge in [0, 0.05) is 10.9 Å². The number of nitrogens with two attached hydrogens (primary N) is 1. The van der Waals surface area contributed by atoms with Gasteiger partial charge in [-0.25, -0.2) is 4.98 Å². The number of anilines is 1. The lowest BCUT2D eigenvalue weighted by Gasteiger charge is -2.21. The van der Waals surface area contributed by atoms with E-state index in [1.807, 2.05) is 18.2 Å². The van der Waals surface area contributed by atoms with Crippen molar-refractivity contribution in [1.29, 1.82) is 0 Å². The Kier molecular flexibility index (Phi) is 3.46. The molecule has 0 amide bonds. The molecule has 0 saturated carbocycles. The van der Waals surface area contributed by atoms with Crippen LogP contribution in [0.1, 0.15) is 23.7 Å². The summed E-state index contributed by atoms with van der Waals surface area (Å²) in [4.78, 5) is 8.04. The predicted molar refractivity (Wildman–Crippen MR) is 82.6 cm³/mol. The van der Waals surface area contributed by atoms with Crippen LogP contribution in [0.5, 0.6) is 0 Å². The minimum absolute atomic E-state index is 0.336. The number of thiophene rings is 1. The van der Waals surface area contributed by atoms with Crippen molar-refractivity contribution in [2.75, 3.05) is 12.8 Å². The lowest BCUT2D eigenvalue weighted by Crippen LogP contribution is -2.21.